The first-order valence-electron chi connectivity index (χ1n) is 13.6. The van der Waals surface area contributed by atoms with Gasteiger partial charge in [0.25, 0.3) is 0 Å². The maximum atomic E-state index is 6.26. The molecule has 4 nitrogen and oxygen atoms in total. The minimum Gasteiger partial charge on any atom is -0.456 e. The van der Waals surface area contributed by atoms with Crippen LogP contribution in [-0.2, 0) is 0 Å². The van der Waals surface area contributed by atoms with E-state index in [-0.39, 0.29) is 0 Å². The highest BCUT2D eigenvalue weighted by molar-refractivity contribution is 6.05. The smallest absolute Gasteiger partial charge is 0.227 e. The number of hydrogen-bond acceptors (Lipinski definition) is 4. The molecule has 0 atom stereocenters. The van der Waals surface area contributed by atoms with E-state index in [1.165, 1.54) is 0 Å². The zero-order chi connectivity index (χ0) is 27.2. The molecule has 2 aromatic heterocycles. The fourth-order valence-electron chi connectivity index (χ4n) is 5.56. The predicted molar refractivity (Wildman–Crippen MR) is 167 cm³/mol. The maximum absolute atomic E-state index is 6.26. The van der Waals surface area contributed by atoms with E-state index in [1.54, 1.807) is 0 Å². The number of nitrogens with zero attached hydrogens (tertiary/aromatic N) is 2. The lowest BCUT2D eigenvalue weighted by atomic mass is 10.0. The summed E-state index contributed by atoms with van der Waals surface area (Å²) >= 11 is 0. The molecule has 0 aliphatic rings. The molecule has 41 heavy (non-hydrogen) atoms. The molecule has 0 N–H and O–H groups in total. The van der Waals surface area contributed by atoms with Gasteiger partial charge in [0.1, 0.15) is 16.7 Å². The van der Waals surface area contributed by atoms with E-state index in [0.29, 0.717) is 5.89 Å². The minimum absolute atomic E-state index is 0.575. The van der Waals surface area contributed by atoms with Crippen LogP contribution in [0.4, 0.5) is 17.1 Å². The van der Waals surface area contributed by atoms with Crippen LogP contribution >= 0.6 is 0 Å². The fourth-order valence-corrected chi connectivity index (χ4v) is 5.56. The molecule has 0 fully saturated rings. The molecule has 0 aliphatic carbocycles. The van der Waals surface area contributed by atoms with Crippen LogP contribution in [0.5, 0.6) is 0 Å². The summed E-state index contributed by atoms with van der Waals surface area (Å²) in [4.78, 5) is 7.21. The first kappa shape index (κ1) is 23.3. The second kappa shape index (κ2) is 9.54. The van der Waals surface area contributed by atoms with Gasteiger partial charge in [-0.25, -0.2) is 4.98 Å². The van der Waals surface area contributed by atoms with Crippen LogP contribution in [0, 0.1) is 0 Å². The summed E-state index contributed by atoms with van der Waals surface area (Å²) in [5, 5.41) is 2.19. The molecule has 0 amide bonds. The van der Waals surface area contributed by atoms with Crippen molar-refractivity contribution in [3.63, 3.8) is 0 Å². The molecule has 0 spiro atoms. The standard InChI is InChI=1S/C37H24N2O2/c1-3-10-27(11-4-1)39(28-12-5-2-6-13-28)29-21-18-25(19-22-29)30-15-9-17-34-36(30)38-37(41-34)26-20-23-32-31-14-7-8-16-33(31)40-35(32)24-26/h1-24H. The van der Waals surface area contributed by atoms with Gasteiger partial charge in [-0.2, -0.15) is 0 Å². The summed E-state index contributed by atoms with van der Waals surface area (Å²) < 4.78 is 12.4. The summed E-state index contributed by atoms with van der Waals surface area (Å²) in [7, 11) is 0. The lowest BCUT2D eigenvalue weighted by Gasteiger charge is -2.25. The van der Waals surface area contributed by atoms with Gasteiger partial charge in [-0.3, -0.25) is 0 Å². The molecule has 0 unspecified atom stereocenters. The van der Waals surface area contributed by atoms with E-state index in [9.17, 15) is 0 Å². The Morgan fingerprint density at radius 3 is 1.80 bits per heavy atom. The monoisotopic (exact) mass is 528 g/mol. The first-order chi connectivity index (χ1) is 20.3. The van der Waals surface area contributed by atoms with Crippen molar-refractivity contribution in [2.24, 2.45) is 0 Å². The number of oxazole rings is 1. The first-order valence-corrected chi connectivity index (χ1v) is 13.6. The van der Waals surface area contributed by atoms with Crippen molar-refractivity contribution >= 4 is 50.1 Å². The number of para-hydroxylation sites is 4. The number of rotatable bonds is 5. The van der Waals surface area contributed by atoms with Crippen LogP contribution in [0.1, 0.15) is 0 Å². The van der Waals surface area contributed by atoms with E-state index >= 15 is 0 Å². The maximum Gasteiger partial charge on any atom is 0.227 e. The highest BCUT2D eigenvalue weighted by atomic mass is 16.3. The van der Waals surface area contributed by atoms with Gasteiger partial charge in [-0.15, -0.1) is 0 Å². The van der Waals surface area contributed by atoms with Crippen molar-refractivity contribution in [3.8, 4) is 22.6 Å². The van der Waals surface area contributed by atoms with Crippen molar-refractivity contribution in [1.82, 2.24) is 4.98 Å². The van der Waals surface area contributed by atoms with Crippen molar-refractivity contribution < 1.29 is 8.83 Å². The summed E-state index contributed by atoms with van der Waals surface area (Å²) in [6, 6.07) is 49.8. The van der Waals surface area contributed by atoms with Crippen LogP contribution in [0.2, 0.25) is 0 Å². The Labute approximate surface area is 236 Å². The Kier molecular flexibility index (Phi) is 5.42. The van der Waals surface area contributed by atoms with Gasteiger partial charge in [0, 0.05) is 39.0 Å². The van der Waals surface area contributed by atoms with Crippen LogP contribution in [0.3, 0.4) is 0 Å². The summed E-state index contributed by atoms with van der Waals surface area (Å²) in [5.41, 5.74) is 9.57. The van der Waals surface area contributed by atoms with Crippen LogP contribution in [0.15, 0.2) is 154 Å². The third kappa shape index (κ3) is 4.05. The van der Waals surface area contributed by atoms with Gasteiger partial charge in [0.15, 0.2) is 5.58 Å². The largest absolute Gasteiger partial charge is 0.456 e. The number of anilines is 3. The molecule has 2 heterocycles. The van der Waals surface area contributed by atoms with Crippen molar-refractivity contribution in [3.05, 3.63) is 146 Å². The third-order valence-corrected chi connectivity index (χ3v) is 7.51. The average Bonchev–Trinajstić information content (AvgIpc) is 3.64. The van der Waals surface area contributed by atoms with Gasteiger partial charge in [-0.05, 0) is 72.3 Å². The second-order valence-electron chi connectivity index (χ2n) is 10.0. The molecule has 6 aromatic carbocycles. The van der Waals surface area contributed by atoms with E-state index in [2.05, 4.69) is 95.9 Å². The molecule has 0 bridgehead atoms. The lowest BCUT2D eigenvalue weighted by Crippen LogP contribution is -2.09. The third-order valence-electron chi connectivity index (χ3n) is 7.51. The van der Waals surface area contributed by atoms with E-state index in [4.69, 9.17) is 13.8 Å². The van der Waals surface area contributed by atoms with Crippen LogP contribution in [-0.4, -0.2) is 4.98 Å². The van der Waals surface area contributed by atoms with Crippen molar-refractivity contribution in [2.45, 2.75) is 0 Å². The molecule has 8 rings (SSSR count). The number of hydrogen-bond donors (Lipinski definition) is 0. The average molecular weight is 529 g/mol. The van der Waals surface area contributed by atoms with Gasteiger partial charge in [0.2, 0.25) is 5.89 Å². The number of furan rings is 1. The summed E-state index contributed by atoms with van der Waals surface area (Å²) in [5.74, 6) is 0.575. The van der Waals surface area contributed by atoms with Gasteiger partial charge < -0.3 is 13.7 Å². The van der Waals surface area contributed by atoms with Gasteiger partial charge in [-0.1, -0.05) is 78.9 Å². The topological polar surface area (TPSA) is 42.4 Å². The quantitative estimate of drug-likeness (QED) is 0.223. The highest BCUT2D eigenvalue weighted by Gasteiger charge is 2.16. The second-order valence-corrected chi connectivity index (χ2v) is 10.0. The zero-order valence-electron chi connectivity index (χ0n) is 22.1. The van der Waals surface area contributed by atoms with Crippen molar-refractivity contribution in [1.29, 1.82) is 0 Å². The number of aromatic nitrogens is 1. The van der Waals surface area contributed by atoms with Gasteiger partial charge in [0.05, 0.1) is 0 Å². The molecule has 0 saturated carbocycles. The summed E-state index contributed by atoms with van der Waals surface area (Å²) in [6.45, 7) is 0. The molecule has 0 radical (unpaired) electrons. The molecular weight excluding hydrogens is 504 g/mol. The highest BCUT2D eigenvalue weighted by Crippen LogP contribution is 2.38. The fraction of sp³-hybridized carbons (Fsp3) is 0. The van der Waals surface area contributed by atoms with E-state index in [1.807, 2.05) is 54.6 Å². The van der Waals surface area contributed by atoms with E-state index < -0.39 is 0 Å². The number of fused-ring (bicyclic) bond motifs is 4. The Balaban J connectivity index is 1.18. The molecule has 0 saturated heterocycles. The Morgan fingerprint density at radius 1 is 0.439 bits per heavy atom. The predicted octanol–water partition coefficient (Wildman–Crippen LogP) is 10.5. The molecule has 194 valence electrons. The lowest BCUT2D eigenvalue weighted by molar-refractivity contribution is 0.619. The minimum atomic E-state index is 0.575. The molecule has 4 heteroatoms. The van der Waals surface area contributed by atoms with Crippen molar-refractivity contribution in [2.75, 3.05) is 4.90 Å². The SMILES string of the molecule is c1ccc(N(c2ccccc2)c2ccc(-c3cccc4oc(-c5ccc6c(c5)oc5ccccc56)nc34)cc2)cc1. The molecular formula is C37H24N2O2. The normalized spacial score (nSPS) is 11.4. The van der Waals surface area contributed by atoms with Crippen LogP contribution in [0.25, 0.3) is 55.6 Å². The Bertz CT molecular complexity index is 2100. The Hall–Kier alpha value is -5.61. The number of benzene rings is 6. The Morgan fingerprint density at radius 2 is 1.05 bits per heavy atom. The summed E-state index contributed by atoms with van der Waals surface area (Å²) in [6.07, 6.45) is 0. The zero-order valence-corrected chi connectivity index (χ0v) is 22.1. The van der Waals surface area contributed by atoms with Gasteiger partial charge >= 0.3 is 0 Å². The van der Waals surface area contributed by atoms with Crippen LogP contribution < -0.4 is 4.90 Å². The molecule has 8 aromatic rings. The molecule has 0 aliphatic heterocycles. The van der Waals surface area contributed by atoms with E-state index in [0.717, 1.165) is 66.8 Å².